The van der Waals surface area contributed by atoms with Gasteiger partial charge < -0.3 is 15.7 Å². The summed E-state index contributed by atoms with van der Waals surface area (Å²) in [6, 6.07) is -0.337. The van der Waals surface area contributed by atoms with Crippen LogP contribution in [0.1, 0.15) is 51.9 Å². The van der Waals surface area contributed by atoms with Crippen molar-refractivity contribution in [1.29, 1.82) is 0 Å². The average Bonchev–Trinajstić information content (AvgIpc) is 2.65. The summed E-state index contributed by atoms with van der Waals surface area (Å²) in [4.78, 5) is 23.1. The third-order valence-corrected chi connectivity index (χ3v) is 4.09. The predicted octanol–water partition coefficient (Wildman–Crippen LogP) is 1.63. The van der Waals surface area contributed by atoms with Gasteiger partial charge in [0, 0.05) is 5.54 Å². The van der Waals surface area contributed by atoms with Crippen LogP contribution in [0, 0.1) is 0 Å². The Balaban J connectivity index is 1.94. The molecule has 5 nitrogen and oxygen atoms in total. The largest absolute Gasteiger partial charge is 0.480 e. The van der Waals surface area contributed by atoms with Crippen LogP contribution >= 0.6 is 0 Å². The van der Waals surface area contributed by atoms with Crippen LogP contribution < -0.4 is 10.6 Å². The number of carbonyl (C=O) groups is 2. The topological polar surface area (TPSA) is 78.4 Å². The Morgan fingerprint density at radius 3 is 2.00 bits per heavy atom. The van der Waals surface area contributed by atoms with Gasteiger partial charge >= 0.3 is 12.0 Å². The second-order valence-corrected chi connectivity index (χ2v) is 5.59. The maximum Gasteiger partial charge on any atom is 0.329 e. The van der Waals surface area contributed by atoms with Gasteiger partial charge in [0.05, 0.1) is 0 Å². The second kappa shape index (κ2) is 4.20. The van der Waals surface area contributed by atoms with Gasteiger partial charge in [-0.05, 0) is 39.0 Å². The molecule has 0 aromatic carbocycles. The maximum atomic E-state index is 11.8. The lowest BCUT2D eigenvalue weighted by Crippen LogP contribution is -2.61. The Kier molecular flexibility index (Phi) is 3.02. The number of carbonyl (C=O) groups excluding carboxylic acids is 1. The van der Waals surface area contributed by atoms with Crippen molar-refractivity contribution in [3.63, 3.8) is 0 Å². The smallest absolute Gasteiger partial charge is 0.329 e. The molecular formula is C12H20N2O3. The van der Waals surface area contributed by atoms with Gasteiger partial charge in [0.2, 0.25) is 0 Å². The summed E-state index contributed by atoms with van der Waals surface area (Å²) < 4.78 is 0. The van der Waals surface area contributed by atoms with Crippen molar-refractivity contribution in [3.05, 3.63) is 0 Å². The molecule has 0 saturated heterocycles. The summed E-state index contributed by atoms with van der Waals surface area (Å²) in [6.45, 7) is 2.00. The van der Waals surface area contributed by atoms with Crippen molar-refractivity contribution in [2.45, 2.75) is 62.9 Å². The Morgan fingerprint density at radius 2 is 1.59 bits per heavy atom. The van der Waals surface area contributed by atoms with Crippen molar-refractivity contribution in [3.8, 4) is 0 Å². The van der Waals surface area contributed by atoms with E-state index in [0.29, 0.717) is 12.8 Å². The number of hydrogen-bond acceptors (Lipinski definition) is 2. The van der Waals surface area contributed by atoms with Crippen molar-refractivity contribution < 1.29 is 14.7 Å². The molecule has 17 heavy (non-hydrogen) atoms. The van der Waals surface area contributed by atoms with Crippen molar-refractivity contribution in [1.82, 2.24) is 10.6 Å². The molecule has 0 atom stereocenters. The van der Waals surface area contributed by atoms with E-state index in [1.807, 2.05) is 6.92 Å². The quantitative estimate of drug-likeness (QED) is 0.701. The molecule has 3 N–H and O–H groups in total. The minimum atomic E-state index is -1.04. The summed E-state index contributed by atoms with van der Waals surface area (Å²) in [5.74, 6) is -0.913. The SMILES string of the molecule is CC1(NC(=O)NC2(C(=O)O)CCCC2)CCC1. The highest BCUT2D eigenvalue weighted by Gasteiger charge is 2.43. The number of amides is 2. The lowest BCUT2D eigenvalue weighted by Gasteiger charge is -2.40. The number of nitrogens with one attached hydrogen (secondary N) is 2. The zero-order chi connectivity index (χ0) is 12.5. The van der Waals surface area contributed by atoms with Crippen LogP contribution in [0.25, 0.3) is 0 Å². The normalized spacial score (nSPS) is 24.8. The minimum Gasteiger partial charge on any atom is -0.480 e. The molecule has 2 fully saturated rings. The lowest BCUT2D eigenvalue weighted by atomic mass is 9.79. The van der Waals surface area contributed by atoms with Crippen LogP contribution in [0.4, 0.5) is 4.79 Å². The average molecular weight is 240 g/mol. The molecule has 0 spiro atoms. The number of rotatable bonds is 3. The first-order valence-electron chi connectivity index (χ1n) is 6.30. The first-order valence-corrected chi connectivity index (χ1v) is 6.30. The van der Waals surface area contributed by atoms with Crippen LogP contribution in [0.2, 0.25) is 0 Å². The molecular weight excluding hydrogens is 220 g/mol. The van der Waals surface area contributed by atoms with E-state index >= 15 is 0 Å². The monoisotopic (exact) mass is 240 g/mol. The van der Waals surface area contributed by atoms with E-state index in [1.165, 1.54) is 0 Å². The molecule has 96 valence electrons. The number of carboxylic acids is 1. The minimum absolute atomic E-state index is 0.137. The van der Waals surface area contributed by atoms with Gasteiger partial charge in [0.15, 0.2) is 0 Å². The van der Waals surface area contributed by atoms with Crippen molar-refractivity contribution >= 4 is 12.0 Å². The first-order chi connectivity index (χ1) is 7.96. The Labute approximate surface area is 101 Å². The molecule has 2 rings (SSSR count). The second-order valence-electron chi connectivity index (χ2n) is 5.59. The fourth-order valence-corrected chi connectivity index (χ4v) is 2.73. The Hall–Kier alpha value is -1.26. The molecule has 0 heterocycles. The molecule has 2 amide bonds. The molecule has 0 unspecified atom stereocenters. The number of hydrogen-bond donors (Lipinski definition) is 3. The molecule has 0 aliphatic heterocycles. The van der Waals surface area contributed by atoms with Crippen molar-refractivity contribution in [2.24, 2.45) is 0 Å². The molecule has 0 radical (unpaired) electrons. The van der Waals surface area contributed by atoms with Gasteiger partial charge in [-0.3, -0.25) is 0 Å². The van der Waals surface area contributed by atoms with E-state index in [9.17, 15) is 14.7 Å². The van der Waals surface area contributed by atoms with Crippen LogP contribution in [-0.4, -0.2) is 28.2 Å². The molecule has 2 aliphatic carbocycles. The van der Waals surface area contributed by atoms with E-state index in [0.717, 1.165) is 32.1 Å². The maximum absolute atomic E-state index is 11.8. The molecule has 2 saturated carbocycles. The van der Waals surface area contributed by atoms with E-state index in [2.05, 4.69) is 10.6 Å². The summed E-state index contributed by atoms with van der Waals surface area (Å²) >= 11 is 0. The van der Waals surface area contributed by atoms with E-state index < -0.39 is 11.5 Å². The van der Waals surface area contributed by atoms with E-state index in [-0.39, 0.29) is 11.6 Å². The molecule has 0 bridgehead atoms. The highest BCUT2D eigenvalue weighted by atomic mass is 16.4. The molecule has 0 aromatic rings. The predicted molar refractivity (Wildman–Crippen MR) is 62.8 cm³/mol. The number of aliphatic carboxylic acids is 1. The van der Waals surface area contributed by atoms with Gasteiger partial charge in [-0.2, -0.15) is 0 Å². The Morgan fingerprint density at radius 1 is 1.00 bits per heavy atom. The van der Waals surface area contributed by atoms with Gasteiger partial charge in [-0.25, -0.2) is 9.59 Å². The molecule has 5 heteroatoms. The zero-order valence-corrected chi connectivity index (χ0v) is 10.2. The van der Waals surface area contributed by atoms with E-state index in [4.69, 9.17) is 0 Å². The standard InChI is InChI=1S/C12H20N2O3/c1-11(5-4-6-11)13-10(17)14-12(9(15)16)7-2-3-8-12/h2-8H2,1H3,(H,15,16)(H2,13,14,17). The summed E-state index contributed by atoms with van der Waals surface area (Å²) in [5.41, 5.74) is -1.17. The highest BCUT2D eigenvalue weighted by molar-refractivity contribution is 5.86. The summed E-state index contributed by atoms with van der Waals surface area (Å²) in [6.07, 6.45) is 5.87. The fourth-order valence-electron chi connectivity index (χ4n) is 2.73. The van der Waals surface area contributed by atoms with Gasteiger partial charge in [0.1, 0.15) is 5.54 Å². The first kappa shape index (κ1) is 12.2. The summed E-state index contributed by atoms with van der Waals surface area (Å²) in [7, 11) is 0. The van der Waals surface area contributed by atoms with Crippen LogP contribution in [0.3, 0.4) is 0 Å². The summed E-state index contributed by atoms with van der Waals surface area (Å²) in [5, 5.41) is 14.8. The van der Waals surface area contributed by atoms with Gasteiger partial charge in [0.25, 0.3) is 0 Å². The highest BCUT2D eigenvalue weighted by Crippen LogP contribution is 2.32. The third kappa shape index (κ3) is 2.37. The Bertz CT molecular complexity index is 331. The zero-order valence-electron chi connectivity index (χ0n) is 10.2. The van der Waals surface area contributed by atoms with Crippen molar-refractivity contribution in [2.75, 3.05) is 0 Å². The van der Waals surface area contributed by atoms with E-state index in [1.54, 1.807) is 0 Å². The fraction of sp³-hybridized carbons (Fsp3) is 0.833. The third-order valence-electron chi connectivity index (χ3n) is 4.09. The lowest BCUT2D eigenvalue weighted by molar-refractivity contribution is -0.144. The molecule has 2 aliphatic rings. The number of urea groups is 1. The molecule has 0 aromatic heterocycles. The number of carboxylic acid groups (broad SMARTS) is 1. The van der Waals surface area contributed by atoms with Crippen LogP contribution in [0.5, 0.6) is 0 Å². The van der Waals surface area contributed by atoms with Crippen LogP contribution in [-0.2, 0) is 4.79 Å². The van der Waals surface area contributed by atoms with Gasteiger partial charge in [-0.1, -0.05) is 12.8 Å². The van der Waals surface area contributed by atoms with Gasteiger partial charge in [-0.15, -0.1) is 0 Å². The van der Waals surface area contributed by atoms with Crippen LogP contribution in [0.15, 0.2) is 0 Å².